The summed E-state index contributed by atoms with van der Waals surface area (Å²) in [7, 11) is 1.53. The van der Waals surface area contributed by atoms with Crippen molar-refractivity contribution >= 4 is 10.8 Å². The van der Waals surface area contributed by atoms with Gasteiger partial charge in [-0.1, -0.05) is 24.3 Å². The molecule has 2 aromatic carbocycles. The van der Waals surface area contributed by atoms with E-state index in [4.69, 9.17) is 4.74 Å². The number of rotatable bonds is 1. The lowest BCUT2D eigenvalue weighted by Gasteiger charge is -2.03. The zero-order valence-corrected chi connectivity index (χ0v) is 7.25. The van der Waals surface area contributed by atoms with E-state index >= 15 is 0 Å². The molecule has 0 bridgehead atoms. The van der Waals surface area contributed by atoms with Gasteiger partial charge in [0, 0.05) is 11.5 Å². The first-order valence-electron chi connectivity index (χ1n) is 4.03. The molecule has 0 aromatic heterocycles. The van der Waals surface area contributed by atoms with Crippen LogP contribution in [-0.2, 0) is 0 Å². The summed E-state index contributed by atoms with van der Waals surface area (Å²) in [5, 5.41) is 1.49. The van der Waals surface area contributed by atoms with Crippen molar-refractivity contribution in [2.75, 3.05) is 7.11 Å². The summed E-state index contributed by atoms with van der Waals surface area (Å²) in [6.45, 7) is 0. The first-order chi connectivity index (χ1) is 6.31. The van der Waals surface area contributed by atoms with Gasteiger partial charge in [0.15, 0.2) is 0 Å². The molecule has 0 aliphatic heterocycles. The molecule has 0 heterocycles. The van der Waals surface area contributed by atoms with Crippen LogP contribution in [-0.4, -0.2) is 7.11 Å². The van der Waals surface area contributed by atoms with E-state index in [0.29, 0.717) is 11.1 Å². The third-order valence-electron chi connectivity index (χ3n) is 2.02. The summed E-state index contributed by atoms with van der Waals surface area (Å²) < 4.78 is 18.3. The van der Waals surface area contributed by atoms with Crippen LogP contribution in [0.25, 0.3) is 10.8 Å². The Bertz CT molecular complexity index is 437. The number of hydrogen-bond acceptors (Lipinski definition) is 1. The fourth-order valence-electron chi connectivity index (χ4n) is 1.36. The molecule has 0 amide bonds. The van der Waals surface area contributed by atoms with Gasteiger partial charge < -0.3 is 4.74 Å². The summed E-state index contributed by atoms with van der Waals surface area (Å²) in [5.41, 5.74) is 0. The van der Waals surface area contributed by atoms with E-state index < -0.39 is 0 Å². The highest BCUT2D eigenvalue weighted by atomic mass is 19.1. The topological polar surface area (TPSA) is 9.23 Å². The van der Waals surface area contributed by atoms with Crippen molar-refractivity contribution in [1.29, 1.82) is 0 Å². The summed E-state index contributed by atoms with van der Waals surface area (Å²) in [6, 6.07) is 10.5. The molecule has 2 heteroatoms. The fraction of sp³-hybridized carbons (Fsp3) is 0.0909. The second kappa shape index (κ2) is 3.05. The quantitative estimate of drug-likeness (QED) is 0.649. The van der Waals surface area contributed by atoms with Crippen LogP contribution in [0.3, 0.4) is 0 Å². The molecule has 0 atom stereocenters. The molecule has 0 N–H and O–H groups in total. The van der Waals surface area contributed by atoms with Crippen LogP contribution in [0.4, 0.5) is 4.39 Å². The maximum absolute atomic E-state index is 13.4. The number of hydrogen-bond donors (Lipinski definition) is 0. The summed E-state index contributed by atoms with van der Waals surface area (Å²) >= 11 is 0. The highest BCUT2D eigenvalue weighted by Gasteiger charge is 2.02. The molecule has 0 unspecified atom stereocenters. The maximum Gasteiger partial charge on any atom is 0.134 e. The molecule has 0 spiro atoms. The Morgan fingerprint density at radius 3 is 2.69 bits per heavy atom. The first kappa shape index (κ1) is 8.05. The molecule has 0 saturated carbocycles. The van der Waals surface area contributed by atoms with E-state index in [1.54, 1.807) is 6.07 Å². The van der Waals surface area contributed by atoms with Crippen molar-refractivity contribution < 1.29 is 9.13 Å². The lowest BCUT2D eigenvalue weighted by molar-refractivity contribution is 0.412. The smallest absolute Gasteiger partial charge is 0.134 e. The molecule has 0 aliphatic carbocycles. The lowest BCUT2D eigenvalue weighted by atomic mass is 10.1. The predicted octanol–water partition coefficient (Wildman–Crippen LogP) is 2.99. The molecule has 0 fully saturated rings. The van der Waals surface area contributed by atoms with Crippen LogP contribution in [0.2, 0.25) is 0 Å². The van der Waals surface area contributed by atoms with Crippen molar-refractivity contribution in [3.63, 3.8) is 0 Å². The van der Waals surface area contributed by atoms with Crippen LogP contribution in [0.5, 0.6) is 5.75 Å². The SMILES string of the molecule is COc1cc(F)c2ccccc2c1. The number of ether oxygens (including phenoxy) is 1. The zero-order valence-electron chi connectivity index (χ0n) is 7.25. The van der Waals surface area contributed by atoms with Gasteiger partial charge >= 0.3 is 0 Å². The van der Waals surface area contributed by atoms with Crippen LogP contribution in [0, 0.1) is 5.82 Å². The number of halogens is 1. The fourth-order valence-corrected chi connectivity index (χ4v) is 1.36. The number of benzene rings is 2. The van der Waals surface area contributed by atoms with Crippen molar-refractivity contribution in [3.05, 3.63) is 42.2 Å². The van der Waals surface area contributed by atoms with Crippen molar-refractivity contribution in [3.8, 4) is 5.75 Å². The average molecular weight is 176 g/mol. The largest absolute Gasteiger partial charge is 0.497 e. The second-order valence-corrected chi connectivity index (χ2v) is 2.83. The Hall–Kier alpha value is -1.57. The van der Waals surface area contributed by atoms with Crippen LogP contribution < -0.4 is 4.74 Å². The normalized spacial score (nSPS) is 10.3. The Morgan fingerprint density at radius 2 is 1.92 bits per heavy atom. The summed E-state index contributed by atoms with van der Waals surface area (Å²) in [6.07, 6.45) is 0. The highest BCUT2D eigenvalue weighted by Crippen LogP contribution is 2.23. The van der Waals surface area contributed by atoms with Gasteiger partial charge in [0.05, 0.1) is 7.11 Å². The van der Waals surface area contributed by atoms with Gasteiger partial charge in [-0.15, -0.1) is 0 Å². The molecule has 13 heavy (non-hydrogen) atoms. The Labute approximate surface area is 75.8 Å². The van der Waals surface area contributed by atoms with E-state index in [0.717, 1.165) is 5.39 Å². The van der Waals surface area contributed by atoms with Gasteiger partial charge in [0.1, 0.15) is 11.6 Å². The third kappa shape index (κ3) is 1.35. The van der Waals surface area contributed by atoms with Crippen LogP contribution in [0.1, 0.15) is 0 Å². The van der Waals surface area contributed by atoms with Gasteiger partial charge in [-0.25, -0.2) is 4.39 Å². The minimum absolute atomic E-state index is 0.241. The summed E-state index contributed by atoms with van der Waals surface area (Å²) in [4.78, 5) is 0. The Kier molecular flexibility index (Phi) is 1.89. The molecule has 1 nitrogen and oxygen atoms in total. The third-order valence-corrected chi connectivity index (χ3v) is 2.02. The Morgan fingerprint density at radius 1 is 1.15 bits per heavy atom. The Balaban J connectivity index is 2.77. The van der Waals surface area contributed by atoms with Gasteiger partial charge in [0.2, 0.25) is 0 Å². The zero-order chi connectivity index (χ0) is 9.26. The molecule has 2 rings (SSSR count). The minimum Gasteiger partial charge on any atom is -0.497 e. The molecular formula is C11H9FO. The van der Waals surface area contributed by atoms with Gasteiger partial charge in [-0.05, 0) is 11.5 Å². The van der Waals surface area contributed by atoms with E-state index in [9.17, 15) is 4.39 Å². The van der Waals surface area contributed by atoms with Crippen LogP contribution >= 0.6 is 0 Å². The van der Waals surface area contributed by atoms with E-state index in [1.807, 2.05) is 24.3 Å². The monoisotopic (exact) mass is 176 g/mol. The number of fused-ring (bicyclic) bond motifs is 1. The number of methoxy groups -OCH3 is 1. The molecule has 0 saturated heterocycles. The first-order valence-corrected chi connectivity index (χ1v) is 4.03. The van der Waals surface area contributed by atoms with Gasteiger partial charge in [-0.2, -0.15) is 0 Å². The van der Waals surface area contributed by atoms with Gasteiger partial charge in [0.25, 0.3) is 0 Å². The van der Waals surface area contributed by atoms with E-state index in [2.05, 4.69) is 0 Å². The second-order valence-electron chi connectivity index (χ2n) is 2.83. The molecular weight excluding hydrogens is 167 g/mol. The van der Waals surface area contributed by atoms with Crippen molar-refractivity contribution in [2.45, 2.75) is 0 Å². The lowest BCUT2D eigenvalue weighted by Crippen LogP contribution is -1.85. The average Bonchev–Trinajstić information content (AvgIpc) is 2.18. The van der Waals surface area contributed by atoms with Crippen molar-refractivity contribution in [2.24, 2.45) is 0 Å². The van der Waals surface area contributed by atoms with Crippen molar-refractivity contribution in [1.82, 2.24) is 0 Å². The minimum atomic E-state index is -0.241. The molecule has 2 aromatic rings. The molecule has 66 valence electrons. The maximum atomic E-state index is 13.4. The highest BCUT2D eigenvalue weighted by molar-refractivity contribution is 5.84. The predicted molar refractivity (Wildman–Crippen MR) is 50.5 cm³/mol. The summed E-state index contributed by atoms with van der Waals surface area (Å²) in [5.74, 6) is 0.311. The molecule has 0 aliphatic rings. The standard InChI is InChI=1S/C11H9FO/c1-13-9-6-8-4-2-3-5-10(8)11(12)7-9/h2-7H,1H3. The van der Waals surface area contributed by atoms with Crippen LogP contribution in [0.15, 0.2) is 36.4 Å². The molecule has 0 radical (unpaired) electrons. The van der Waals surface area contributed by atoms with Gasteiger partial charge in [-0.3, -0.25) is 0 Å². The van der Waals surface area contributed by atoms with E-state index in [-0.39, 0.29) is 5.82 Å². The van der Waals surface area contributed by atoms with E-state index in [1.165, 1.54) is 13.2 Å².